The van der Waals surface area contributed by atoms with Crippen molar-refractivity contribution in [2.24, 2.45) is 0 Å². The predicted octanol–water partition coefficient (Wildman–Crippen LogP) is 6.24. The molecule has 0 aromatic rings. The Bertz CT molecular complexity index is 425. The van der Waals surface area contributed by atoms with E-state index in [1.165, 1.54) is 43.5 Å². The molecule has 0 unspecified atom stereocenters. The lowest BCUT2D eigenvalue weighted by molar-refractivity contribution is 0.242. The van der Waals surface area contributed by atoms with E-state index < -0.39 is 0 Å². The highest BCUT2D eigenvalue weighted by molar-refractivity contribution is 5.19. The molecule has 0 spiro atoms. The van der Waals surface area contributed by atoms with Crippen LogP contribution in [0, 0.1) is 0 Å². The van der Waals surface area contributed by atoms with Crippen molar-refractivity contribution < 1.29 is 0 Å². The van der Waals surface area contributed by atoms with Gasteiger partial charge in [-0.3, -0.25) is 4.90 Å². The summed E-state index contributed by atoms with van der Waals surface area (Å²) >= 11 is 0. The molecule has 2 heteroatoms. The number of nitrogens with one attached hydrogen (secondary N) is 1. The molecular weight excluding hydrogens is 304 g/mol. The second-order valence-electron chi connectivity index (χ2n) is 6.70. The largest absolute Gasteiger partial charge is 0.381 e. The van der Waals surface area contributed by atoms with E-state index in [1.807, 2.05) is 13.8 Å². The van der Waals surface area contributed by atoms with Gasteiger partial charge in [-0.15, -0.1) is 0 Å². The zero-order valence-corrected chi connectivity index (χ0v) is 17.5. The summed E-state index contributed by atoms with van der Waals surface area (Å²) in [5, 5.41) is 3.61. The molecule has 1 fully saturated rings. The third-order valence-electron chi connectivity index (χ3n) is 4.50. The topological polar surface area (TPSA) is 15.3 Å². The smallest absolute Gasteiger partial charge is 0.0468 e. The van der Waals surface area contributed by atoms with Gasteiger partial charge in [0, 0.05) is 18.3 Å². The highest BCUT2D eigenvalue weighted by Gasteiger charge is 2.14. The van der Waals surface area contributed by atoms with Crippen molar-refractivity contribution in [2.45, 2.75) is 79.2 Å². The molecule has 1 rings (SSSR count). The lowest BCUT2D eigenvalue weighted by atomic mass is 10.00. The van der Waals surface area contributed by atoms with Crippen molar-refractivity contribution in [3.05, 3.63) is 48.2 Å². The average Bonchev–Trinajstić information content (AvgIpc) is 2.63. The summed E-state index contributed by atoms with van der Waals surface area (Å²) in [4.78, 5) is 2.51. The monoisotopic (exact) mass is 346 g/mol. The maximum absolute atomic E-state index is 4.25. The normalized spacial score (nSPS) is 16.9. The van der Waals surface area contributed by atoms with Crippen LogP contribution in [0.1, 0.15) is 73.1 Å². The van der Waals surface area contributed by atoms with Gasteiger partial charge in [-0.25, -0.2) is 0 Å². The van der Waals surface area contributed by atoms with Gasteiger partial charge in [-0.1, -0.05) is 69.7 Å². The van der Waals surface area contributed by atoms with Gasteiger partial charge in [0.2, 0.25) is 0 Å². The molecular formula is C23H42N2. The van der Waals surface area contributed by atoms with Crippen LogP contribution < -0.4 is 5.32 Å². The molecule has 1 atom stereocenters. The summed E-state index contributed by atoms with van der Waals surface area (Å²) in [6.45, 7) is 22.2. The van der Waals surface area contributed by atoms with E-state index in [2.05, 4.69) is 62.4 Å². The zero-order valence-electron chi connectivity index (χ0n) is 17.5. The lowest BCUT2D eigenvalue weighted by Crippen LogP contribution is -2.37. The van der Waals surface area contributed by atoms with Gasteiger partial charge in [0.15, 0.2) is 0 Å². The fraction of sp³-hybridized carbons (Fsp3) is 0.652. The first-order valence-corrected chi connectivity index (χ1v) is 10.2. The van der Waals surface area contributed by atoms with Crippen molar-refractivity contribution in [1.29, 1.82) is 0 Å². The molecule has 0 bridgehead atoms. The Morgan fingerprint density at radius 1 is 1.16 bits per heavy atom. The second-order valence-corrected chi connectivity index (χ2v) is 6.70. The number of piperidine rings is 1. The summed E-state index contributed by atoms with van der Waals surface area (Å²) in [6, 6.07) is 0.317. The van der Waals surface area contributed by atoms with Crippen LogP contribution in [-0.2, 0) is 0 Å². The Labute approximate surface area is 157 Å². The van der Waals surface area contributed by atoms with Crippen molar-refractivity contribution in [2.75, 3.05) is 19.6 Å². The molecule has 0 aromatic heterocycles. The van der Waals surface area contributed by atoms with E-state index >= 15 is 0 Å². The van der Waals surface area contributed by atoms with E-state index in [4.69, 9.17) is 0 Å². The fourth-order valence-corrected chi connectivity index (χ4v) is 3.03. The first kappa shape index (κ1) is 23.7. The Hall–Kier alpha value is -1.28. The van der Waals surface area contributed by atoms with E-state index in [0.29, 0.717) is 6.04 Å². The zero-order chi connectivity index (χ0) is 19.1. The third-order valence-corrected chi connectivity index (χ3v) is 4.50. The second kappa shape index (κ2) is 15.0. The first-order chi connectivity index (χ1) is 12.1. The predicted molar refractivity (Wildman–Crippen MR) is 115 cm³/mol. The van der Waals surface area contributed by atoms with Gasteiger partial charge in [-0.2, -0.15) is 0 Å². The van der Waals surface area contributed by atoms with Crippen LogP contribution >= 0.6 is 0 Å². The van der Waals surface area contributed by atoms with Crippen LogP contribution in [0.25, 0.3) is 0 Å². The van der Waals surface area contributed by atoms with Crippen LogP contribution in [0.5, 0.6) is 0 Å². The number of nitrogens with zero attached hydrogens (tertiary/aromatic N) is 1. The number of hydrogen-bond donors (Lipinski definition) is 1. The van der Waals surface area contributed by atoms with Gasteiger partial charge in [-0.05, 0) is 59.0 Å². The quantitative estimate of drug-likeness (QED) is 0.372. The molecule has 1 aliphatic rings. The summed E-state index contributed by atoms with van der Waals surface area (Å²) in [7, 11) is 0. The average molecular weight is 347 g/mol. The molecule has 1 N–H and O–H groups in total. The maximum Gasteiger partial charge on any atom is 0.0468 e. The summed E-state index contributed by atoms with van der Waals surface area (Å²) < 4.78 is 0. The van der Waals surface area contributed by atoms with Gasteiger partial charge < -0.3 is 5.32 Å². The molecule has 0 aromatic carbocycles. The minimum Gasteiger partial charge on any atom is -0.381 e. The fourth-order valence-electron chi connectivity index (χ4n) is 3.03. The number of allylic oxidation sites excluding steroid dienone is 4. The van der Waals surface area contributed by atoms with Gasteiger partial charge in [0.05, 0.1) is 0 Å². The third kappa shape index (κ3) is 11.0. The minimum atomic E-state index is 0.317. The Kier molecular flexibility index (Phi) is 14.2. The number of hydrogen-bond acceptors (Lipinski definition) is 2. The van der Waals surface area contributed by atoms with Crippen LogP contribution in [0.2, 0.25) is 0 Å². The Balaban J connectivity index is 0.00000277. The van der Waals surface area contributed by atoms with Crippen molar-refractivity contribution in [3.8, 4) is 0 Å². The Morgan fingerprint density at radius 2 is 1.80 bits per heavy atom. The molecule has 144 valence electrons. The summed E-state index contributed by atoms with van der Waals surface area (Å²) in [5.41, 5.74) is 3.73. The highest BCUT2D eigenvalue weighted by Crippen LogP contribution is 2.16. The molecule has 2 nitrogen and oxygen atoms in total. The molecule has 0 radical (unpaired) electrons. The molecule has 25 heavy (non-hydrogen) atoms. The van der Waals surface area contributed by atoms with Crippen LogP contribution in [0.15, 0.2) is 48.2 Å². The van der Waals surface area contributed by atoms with Gasteiger partial charge in [0.1, 0.15) is 0 Å². The van der Waals surface area contributed by atoms with E-state index in [0.717, 1.165) is 31.5 Å². The molecule has 0 aliphatic carbocycles. The lowest BCUT2D eigenvalue weighted by Gasteiger charge is -2.29. The van der Waals surface area contributed by atoms with Crippen molar-refractivity contribution in [1.82, 2.24) is 10.2 Å². The number of likely N-dealkylation sites (tertiary alicyclic amines) is 1. The van der Waals surface area contributed by atoms with Crippen LogP contribution in [-0.4, -0.2) is 30.6 Å². The molecule has 0 amide bonds. The minimum absolute atomic E-state index is 0.317. The molecule has 1 heterocycles. The van der Waals surface area contributed by atoms with E-state index in [-0.39, 0.29) is 0 Å². The summed E-state index contributed by atoms with van der Waals surface area (Å²) in [6.07, 6.45) is 14.0. The van der Waals surface area contributed by atoms with Gasteiger partial charge in [0.25, 0.3) is 0 Å². The van der Waals surface area contributed by atoms with Crippen LogP contribution in [0.4, 0.5) is 0 Å². The van der Waals surface area contributed by atoms with Gasteiger partial charge >= 0.3 is 0 Å². The Morgan fingerprint density at radius 3 is 2.32 bits per heavy atom. The molecule has 0 saturated carbocycles. The SMILES string of the molecule is C=C(CN1CCCCC1)N[C@@H](CCC(/C=C\CC)=C/C)C(=C)C.CC. The standard InChI is InChI=1S/C21H36N2.C2H6/c1-6-8-12-20(7-2)13-14-21(18(3)4)22-19(5)17-23-15-10-9-11-16-23;1-2/h7-8,12,21-22H,3,5-6,9-11,13-17H2,1-2,4H3;1-2H3/b12-8-,20-7+;/t21-;/m0./s1. The van der Waals surface area contributed by atoms with E-state index in [1.54, 1.807) is 0 Å². The van der Waals surface area contributed by atoms with Crippen molar-refractivity contribution >= 4 is 0 Å². The number of rotatable bonds is 10. The van der Waals surface area contributed by atoms with E-state index in [9.17, 15) is 0 Å². The molecule has 1 saturated heterocycles. The molecule has 1 aliphatic heterocycles. The van der Waals surface area contributed by atoms with Crippen molar-refractivity contribution in [3.63, 3.8) is 0 Å². The first-order valence-electron chi connectivity index (χ1n) is 10.2. The summed E-state index contributed by atoms with van der Waals surface area (Å²) in [5.74, 6) is 0. The highest BCUT2D eigenvalue weighted by atomic mass is 15.1. The maximum atomic E-state index is 4.25. The van der Waals surface area contributed by atoms with Crippen LogP contribution in [0.3, 0.4) is 0 Å².